The van der Waals surface area contributed by atoms with Gasteiger partial charge in [0.1, 0.15) is 0 Å². The van der Waals surface area contributed by atoms with Gasteiger partial charge in [-0.1, -0.05) is 17.7 Å². The van der Waals surface area contributed by atoms with Gasteiger partial charge < -0.3 is 15.2 Å². The molecule has 1 aliphatic heterocycles. The van der Waals surface area contributed by atoms with E-state index in [1.54, 1.807) is 17.6 Å². The molecule has 14 heteroatoms. The van der Waals surface area contributed by atoms with E-state index in [1.165, 1.54) is 24.3 Å². The van der Waals surface area contributed by atoms with Crippen LogP contribution in [-0.2, 0) is 10.1 Å². The second-order valence-corrected chi connectivity index (χ2v) is 7.07. The van der Waals surface area contributed by atoms with E-state index in [0.717, 1.165) is 11.8 Å². The lowest BCUT2D eigenvalue weighted by atomic mass is 10.1. The normalized spacial score (nSPS) is 13.0. The Kier molecular flexibility index (Phi) is 7.24. The minimum Gasteiger partial charge on any atom is -0.454 e. The number of hydrogen-bond acceptors (Lipinski definition) is 9. The average molecular weight is 439 g/mol. The van der Waals surface area contributed by atoms with Crippen LogP contribution in [0.15, 0.2) is 51.5 Å². The van der Waals surface area contributed by atoms with Gasteiger partial charge in [0, 0.05) is 0 Å². The number of nitrogens with one attached hydrogen (secondary N) is 1. The molecular weight excluding hydrogens is 422 g/mol. The van der Waals surface area contributed by atoms with Gasteiger partial charge >= 0.3 is 0 Å². The number of benzene rings is 2. The number of ether oxygens (including phenoxy) is 2. The van der Waals surface area contributed by atoms with Gasteiger partial charge in [0.25, 0.3) is 15.8 Å². The van der Waals surface area contributed by atoms with E-state index in [1.807, 2.05) is 6.92 Å². The van der Waals surface area contributed by atoms with Crippen LogP contribution in [0.25, 0.3) is 0 Å². The van der Waals surface area contributed by atoms with E-state index in [4.69, 9.17) is 25.0 Å². The number of rotatable bonds is 4. The van der Waals surface area contributed by atoms with Gasteiger partial charge in [-0.2, -0.15) is 13.5 Å². The molecule has 1 heterocycles. The Morgan fingerprint density at radius 3 is 2.40 bits per heavy atom. The molecule has 2 aromatic rings. The third-order valence-electron chi connectivity index (χ3n) is 3.51. The summed E-state index contributed by atoms with van der Waals surface area (Å²) in [6.07, 6.45) is 1.12. The first-order valence-corrected chi connectivity index (χ1v) is 9.44. The van der Waals surface area contributed by atoms with E-state index < -0.39 is 15.0 Å². The zero-order chi connectivity index (χ0) is 22.3. The predicted octanol–water partition coefficient (Wildman–Crippen LogP) is 1.19. The number of nitro groups is 1. The molecule has 3 rings (SSSR count). The summed E-state index contributed by atoms with van der Waals surface area (Å²) in [6.45, 7) is 1.85. The summed E-state index contributed by atoms with van der Waals surface area (Å²) in [5, 5.41) is 26.1. The molecule has 5 N–H and O–H groups in total. The van der Waals surface area contributed by atoms with Crippen molar-refractivity contribution >= 4 is 28.0 Å². The van der Waals surface area contributed by atoms with E-state index in [2.05, 4.69) is 10.2 Å². The van der Waals surface area contributed by atoms with Crippen LogP contribution in [0, 0.1) is 17.0 Å². The Balaban J connectivity index is 0.000000248. The number of hydroxylamine groups is 1. The fraction of sp³-hybridized carbons (Fsp3) is 0.125. The van der Waals surface area contributed by atoms with Gasteiger partial charge in [-0.3, -0.25) is 19.9 Å². The largest absolute Gasteiger partial charge is 0.454 e. The summed E-state index contributed by atoms with van der Waals surface area (Å²) >= 11 is 0. The third-order valence-corrected chi connectivity index (χ3v) is 4.38. The van der Waals surface area contributed by atoms with E-state index >= 15 is 0 Å². The molecule has 0 atom stereocenters. The predicted molar refractivity (Wildman–Crippen MR) is 104 cm³/mol. The first-order valence-electron chi connectivity index (χ1n) is 8.00. The minimum atomic E-state index is -4.02. The monoisotopic (exact) mass is 439 g/mol. The molecule has 0 unspecified atom stereocenters. The zero-order valence-corrected chi connectivity index (χ0v) is 16.2. The number of guanidine groups is 1. The standard InChI is InChI=1S/C9H9N5O5.C7H8O3S/c10-9(13-15)12-11-3-5-1-7-8(19-4-18-7)2-6(5)14(16)17;1-6-2-4-7(5-3-6)11(8,9)10/h1-3,15H,4H2,(H3,10,12,13);2-5H,1H3,(H,8,9,10)/b11-3+;. The highest BCUT2D eigenvalue weighted by Crippen LogP contribution is 2.37. The maximum absolute atomic E-state index is 10.9. The van der Waals surface area contributed by atoms with E-state index in [-0.39, 0.29) is 28.9 Å². The maximum atomic E-state index is 10.9. The molecule has 2 aromatic carbocycles. The number of hydrogen-bond donors (Lipinski definition) is 4. The zero-order valence-electron chi connectivity index (χ0n) is 15.4. The molecule has 0 radical (unpaired) electrons. The molecule has 13 nitrogen and oxygen atoms in total. The second-order valence-electron chi connectivity index (χ2n) is 5.65. The van der Waals surface area contributed by atoms with Crippen molar-refractivity contribution in [2.24, 2.45) is 15.9 Å². The first-order chi connectivity index (χ1) is 14.1. The number of nitrogens with zero attached hydrogens (tertiary/aromatic N) is 3. The molecule has 0 aromatic heterocycles. The van der Waals surface area contributed by atoms with Crippen molar-refractivity contribution in [1.29, 1.82) is 0 Å². The van der Waals surface area contributed by atoms with E-state index in [0.29, 0.717) is 11.5 Å². The molecule has 160 valence electrons. The van der Waals surface area contributed by atoms with Crippen molar-refractivity contribution < 1.29 is 32.6 Å². The lowest BCUT2D eigenvalue weighted by Gasteiger charge is -1.99. The molecular formula is C16H17N5O8S. The highest BCUT2D eigenvalue weighted by molar-refractivity contribution is 7.85. The molecule has 0 amide bonds. The SMILES string of the molecule is Cc1ccc(S(=O)(=O)O)cc1.NC(=N/N=C/c1cc2c(cc1[N+](=O)[O-])OCO2)NO. The molecule has 0 saturated heterocycles. The fourth-order valence-electron chi connectivity index (χ4n) is 2.09. The van der Waals surface area contributed by atoms with Crippen LogP contribution in [0.3, 0.4) is 0 Å². The third kappa shape index (κ3) is 6.13. The Bertz CT molecular complexity index is 1080. The van der Waals surface area contributed by atoms with Crippen molar-refractivity contribution in [1.82, 2.24) is 5.48 Å². The number of nitrogens with two attached hydrogens (primary N) is 1. The van der Waals surface area contributed by atoms with Gasteiger partial charge in [-0.25, -0.2) is 5.48 Å². The van der Waals surface area contributed by atoms with Crippen molar-refractivity contribution in [3.63, 3.8) is 0 Å². The van der Waals surface area contributed by atoms with Crippen LogP contribution in [0.1, 0.15) is 11.1 Å². The molecule has 0 spiro atoms. The summed E-state index contributed by atoms with van der Waals surface area (Å²) in [5.41, 5.74) is 7.60. The first kappa shape index (κ1) is 22.5. The number of aryl methyl sites for hydroxylation is 1. The van der Waals surface area contributed by atoms with Crippen LogP contribution in [0.4, 0.5) is 5.69 Å². The smallest absolute Gasteiger partial charge is 0.294 e. The van der Waals surface area contributed by atoms with Crippen LogP contribution in [-0.4, -0.2) is 42.1 Å². The van der Waals surface area contributed by atoms with Gasteiger partial charge in [-0.05, 0) is 25.1 Å². The molecule has 0 bridgehead atoms. The summed E-state index contributed by atoms with van der Waals surface area (Å²) in [5.74, 6) is 0.327. The van der Waals surface area contributed by atoms with Crippen LogP contribution in [0.5, 0.6) is 11.5 Å². The van der Waals surface area contributed by atoms with Crippen LogP contribution in [0.2, 0.25) is 0 Å². The van der Waals surface area contributed by atoms with Crippen molar-refractivity contribution in [2.45, 2.75) is 11.8 Å². The van der Waals surface area contributed by atoms with Crippen molar-refractivity contribution in [3.05, 3.63) is 57.6 Å². The molecule has 0 saturated carbocycles. The highest BCUT2D eigenvalue weighted by atomic mass is 32.2. The van der Waals surface area contributed by atoms with Gasteiger partial charge in [0.15, 0.2) is 11.5 Å². The van der Waals surface area contributed by atoms with Gasteiger partial charge in [-0.15, -0.1) is 5.10 Å². The average Bonchev–Trinajstić information content (AvgIpc) is 3.14. The summed E-state index contributed by atoms with van der Waals surface area (Å²) in [4.78, 5) is 10.3. The summed E-state index contributed by atoms with van der Waals surface area (Å²) < 4.78 is 39.7. The summed E-state index contributed by atoms with van der Waals surface area (Å²) in [6, 6.07) is 8.63. The molecule has 1 aliphatic rings. The minimum absolute atomic E-state index is 0.00656. The van der Waals surface area contributed by atoms with Crippen LogP contribution >= 0.6 is 0 Å². The Morgan fingerprint density at radius 2 is 1.87 bits per heavy atom. The van der Waals surface area contributed by atoms with Gasteiger partial charge in [0.05, 0.1) is 27.7 Å². The van der Waals surface area contributed by atoms with Crippen LogP contribution < -0.4 is 20.7 Å². The Hall–Kier alpha value is -3.75. The second kappa shape index (κ2) is 9.64. The molecule has 30 heavy (non-hydrogen) atoms. The summed E-state index contributed by atoms with van der Waals surface area (Å²) in [7, 11) is -4.02. The quantitative estimate of drug-likeness (QED) is 0.176. The Morgan fingerprint density at radius 1 is 1.27 bits per heavy atom. The lowest BCUT2D eigenvalue weighted by molar-refractivity contribution is -0.385. The van der Waals surface area contributed by atoms with Crippen molar-refractivity contribution in [2.75, 3.05) is 6.79 Å². The maximum Gasteiger partial charge on any atom is 0.294 e. The Labute approximate surface area is 170 Å². The highest BCUT2D eigenvalue weighted by Gasteiger charge is 2.22. The fourth-order valence-corrected chi connectivity index (χ4v) is 2.57. The lowest BCUT2D eigenvalue weighted by Crippen LogP contribution is -2.27. The van der Waals surface area contributed by atoms with Crippen molar-refractivity contribution in [3.8, 4) is 11.5 Å². The topological polar surface area (TPSA) is 199 Å². The van der Waals surface area contributed by atoms with E-state index in [9.17, 15) is 18.5 Å². The van der Waals surface area contributed by atoms with Gasteiger partial charge in [0.2, 0.25) is 12.8 Å². The molecule has 0 fully saturated rings. The number of nitro benzene ring substituents is 1. The molecule has 0 aliphatic carbocycles. The number of fused-ring (bicyclic) bond motifs is 1.